The summed E-state index contributed by atoms with van der Waals surface area (Å²) in [5.74, 6) is 2.64. The van der Waals surface area contributed by atoms with Gasteiger partial charge in [-0.1, -0.05) is 0 Å². The minimum atomic E-state index is 0.767. The van der Waals surface area contributed by atoms with Crippen molar-refractivity contribution in [1.29, 1.82) is 0 Å². The second-order valence-electron chi connectivity index (χ2n) is 4.35. The number of piperazine rings is 1. The molecular formula is C11H16N6. The summed E-state index contributed by atoms with van der Waals surface area (Å²) in [6.45, 7) is 7.80. The lowest BCUT2D eigenvalue weighted by Gasteiger charge is -2.28. The highest BCUT2D eigenvalue weighted by atomic mass is 15.3. The first-order chi connectivity index (χ1) is 8.24. The lowest BCUT2D eigenvalue weighted by molar-refractivity contribution is 0.585. The first-order valence-electron chi connectivity index (χ1n) is 5.90. The molecule has 0 saturated carbocycles. The number of H-pyrrole nitrogens is 1. The maximum Gasteiger partial charge on any atom is 0.183 e. The number of aromatic amines is 1. The number of aryl methyl sites for hydroxylation is 2. The van der Waals surface area contributed by atoms with Crippen LogP contribution in [-0.4, -0.2) is 46.1 Å². The Labute approximate surface area is 99.5 Å². The molecule has 6 nitrogen and oxygen atoms in total. The highest BCUT2D eigenvalue weighted by Crippen LogP contribution is 2.22. The van der Waals surface area contributed by atoms with Gasteiger partial charge >= 0.3 is 0 Å². The van der Waals surface area contributed by atoms with Gasteiger partial charge in [-0.3, -0.25) is 0 Å². The Morgan fingerprint density at radius 3 is 2.59 bits per heavy atom. The van der Waals surface area contributed by atoms with Crippen LogP contribution in [0.25, 0.3) is 11.2 Å². The third-order valence-electron chi connectivity index (χ3n) is 2.98. The van der Waals surface area contributed by atoms with Crippen LogP contribution in [0.5, 0.6) is 0 Å². The van der Waals surface area contributed by atoms with Gasteiger partial charge in [0.05, 0.1) is 0 Å². The Morgan fingerprint density at radius 1 is 1.06 bits per heavy atom. The van der Waals surface area contributed by atoms with Gasteiger partial charge in [-0.15, -0.1) is 0 Å². The number of rotatable bonds is 1. The molecule has 90 valence electrons. The maximum atomic E-state index is 4.55. The van der Waals surface area contributed by atoms with Gasteiger partial charge in [-0.25, -0.2) is 15.0 Å². The van der Waals surface area contributed by atoms with E-state index in [2.05, 4.69) is 30.2 Å². The normalized spacial score (nSPS) is 16.7. The average Bonchev–Trinajstić information content (AvgIpc) is 2.69. The Bertz CT molecular complexity index is 540. The van der Waals surface area contributed by atoms with Crippen LogP contribution < -0.4 is 10.2 Å². The first-order valence-corrected chi connectivity index (χ1v) is 5.90. The predicted molar refractivity (Wildman–Crippen MR) is 66.2 cm³/mol. The van der Waals surface area contributed by atoms with E-state index in [0.717, 1.165) is 54.8 Å². The van der Waals surface area contributed by atoms with Crippen LogP contribution >= 0.6 is 0 Å². The van der Waals surface area contributed by atoms with Crippen molar-refractivity contribution in [2.24, 2.45) is 0 Å². The summed E-state index contributed by atoms with van der Waals surface area (Å²) in [5, 5.41) is 3.34. The minimum absolute atomic E-state index is 0.767. The van der Waals surface area contributed by atoms with Gasteiger partial charge in [0.1, 0.15) is 17.2 Å². The van der Waals surface area contributed by atoms with Crippen LogP contribution in [0.3, 0.4) is 0 Å². The van der Waals surface area contributed by atoms with E-state index in [4.69, 9.17) is 0 Å². The van der Waals surface area contributed by atoms with E-state index >= 15 is 0 Å². The summed E-state index contributed by atoms with van der Waals surface area (Å²) in [4.78, 5) is 18.8. The molecule has 1 fully saturated rings. The van der Waals surface area contributed by atoms with Crippen molar-refractivity contribution in [2.45, 2.75) is 13.8 Å². The number of imidazole rings is 1. The molecule has 1 aliphatic rings. The summed E-state index contributed by atoms with van der Waals surface area (Å²) < 4.78 is 0. The molecular weight excluding hydrogens is 216 g/mol. The van der Waals surface area contributed by atoms with Crippen molar-refractivity contribution in [3.05, 3.63) is 11.6 Å². The maximum absolute atomic E-state index is 4.55. The predicted octanol–water partition coefficient (Wildman–Crippen LogP) is 0.379. The SMILES string of the molecule is Cc1nc(N2CCNCC2)c2[nH]c(C)nc2n1. The molecule has 0 amide bonds. The van der Waals surface area contributed by atoms with E-state index in [9.17, 15) is 0 Å². The van der Waals surface area contributed by atoms with E-state index in [1.165, 1.54) is 0 Å². The van der Waals surface area contributed by atoms with Gasteiger partial charge in [0.2, 0.25) is 0 Å². The van der Waals surface area contributed by atoms with Crippen molar-refractivity contribution in [1.82, 2.24) is 25.3 Å². The number of aromatic nitrogens is 4. The summed E-state index contributed by atoms with van der Waals surface area (Å²) in [6, 6.07) is 0. The molecule has 17 heavy (non-hydrogen) atoms. The standard InChI is InChI=1S/C11H16N6/c1-7-13-9-10(14-7)15-8(2)16-11(9)17-5-3-12-4-6-17/h12H,3-6H2,1-2H3,(H,13,14,15,16). The molecule has 2 aromatic rings. The van der Waals surface area contributed by atoms with Crippen molar-refractivity contribution in [3.8, 4) is 0 Å². The van der Waals surface area contributed by atoms with Gasteiger partial charge in [0.15, 0.2) is 11.5 Å². The van der Waals surface area contributed by atoms with Crippen LogP contribution in [0.15, 0.2) is 0 Å². The molecule has 1 saturated heterocycles. The zero-order chi connectivity index (χ0) is 11.8. The molecule has 0 spiro atoms. The summed E-state index contributed by atoms with van der Waals surface area (Å²) in [5.41, 5.74) is 1.72. The molecule has 0 aliphatic carbocycles. The van der Waals surface area contributed by atoms with Crippen molar-refractivity contribution >= 4 is 17.0 Å². The summed E-state index contributed by atoms with van der Waals surface area (Å²) >= 11 is 0. The number of nitrogens with zero attached hydrogens (tertiary/aromatic N) is 4. The topological polar surface area (TPSA) is 69.7 Å². The zero-order valence-corrected chi connectivity index (χ0v) is 10.1. The van der Waals surface area contributed by atoms with Crippen molar-refractivity contribution < 1.29 is 0 Å². The average molecular weight is 232 g/mol. The second-order valence-corrected chi connectivity index (χ2v) is 4.35. The molecule has 0 bridgehead atoms. The largest absolute Gasteiger partial charge is 0.352 e. The fourth-order valence-electron chi connectivity index (χ4n) is 2.21. The van der Waals surface area contributed by atoms with Crippen LogP contribution in [0.2, 0.25) is 0 Å². The van der Waals surface area contributed by atoms with Crippen LogP contribution in [0.4, 0.5) is 5.82 Å². The molecule has 2 aromatic heterocycles. The quantitative estimate of drug-likeness (QED) is 0.744. The molecule has 3 heterocycles. The lowest BCUT2D eigenvalue weighted by atomic mass is 10.3. The van der Waals surface area contributed by atoms with E-state index in [-0.39, 0.29) is 0 Å². The Hall–Kier alpha value is -1.69. The first kappa shape index (κ1) is 10.5. The molecule has 2 N–H and O–H groups in total. The second kappa shape index (κ2) is 3.96. The Balaban J connectivity index is 2.12. The third kappa shape index (κ3) is 1.84. The lowest BCUT2D eigenvalue weighted by Crippen LogP contribution is -2.44. The molecule has 1 aliphatic heterocycles. The minimum Gasteiger partial charge on any atom is -0.352 e. The van der Waals surface area contributed by atoms with Gasteiger partial charge in [-0.05, 0) is 13.8 Å². The molecule has 6 heteroatoms. The highest BCUT2D eigenvalue weighted by Gasteiger charge is 2.17. The van der Waals surface area contributed by atoms with E-state index in [0.29, 0.717) is 0 Å². The molecule has 0 aromatic carbocycles. The van der Waals surface area contributed by atoms with Crippen LogP contribution in [-0.2, 0) is 0 Å². The molecule has 0 atom stereocenters. The Kier molecular flexibility index (Phi) is 2.44. The number of hydrogen-bond donors (Lipinski definition) is 2. The van der Waals surface area contributed by atoms with E-state index < -0.39 is 0 Å². The van der Waals surface area contributed by atoms with Gasteiger partial charge in [0.25, 0.3) is 0 Å². The third-order valence-corrected chi connectivity index (χ3v) is 2.98. The van der Waals surface area contributed by atoms with Crippen molar-refractivity contribution in [2.75, 3.05) is 31.1 Å². The van der Waals surface area contributed by atoms with Gasteiger partial charge in [0, 0.05) is 26.2 Å². The highest BCUT2D eigenvalue weighted by molar-refractivity contribution is 5.83. The number of nitrogens with one attached hydrogen (secondary N) is 2. The molecule has 3 rings (SSSR count). The van der Waals surface area contributed by atoms with Crippen LogP contribution in [0, 0.1) is 13.8 Å². The Morgan fingerprint density at radius 2 is 1.82 bits per heavy atom. The van der Waals surface area contributed by atoms with E-state index in [1.54, 1.807) is 0 Å². The van der Waals surface area contributed by atoms with Gasteiger partial charge < -0.3 is 15.2 Å². The summed E-state index contributed by atoms with van der Waals surface area (Å²) in [7, 11) is 0. The summed E-state index contributed by atoms with van der Waals surface area (Å²) in [6.07, 6.45) is 0. The smallest absolute Gasteiger partial charge is 0.183 e. The van der Waals surface area contributed by atoms with Gasteiger partial charge in [-0.2, -0.15) is 0 Å². The number of anilines is 1. The van der Waals surface area contributed by atoms with Crippen LogP contribution in [0.1, 0.15) is 11.6 Å². The molecule has 0 radical (unpaired) electrons. The zero-order valence-electron chi connectivity index (χ0n) is 10.1. The fourth-order valence-corrected chi connectivity index (χ4v) is 2.21. The van der Waals surface area contributed by atoms with Crippen molar-refractivity contribution in [3.63, 3.8) is 0 Å². The number of fused-ring (bicyclic) bond motifs is 1. The fraction of sp³-hybridized carbons (Fsp3) is 0.545. The van der Waals surface area contributed by atoms with E-state index in [1.807, 2.05) is 13.8 Å². The molecule has 0 unspecified atom stereocenters. The monoisotopic (exact) mass is 232 g/mol. The number of hydrogen-bond acceptors (Lipinski definition) is 5.